The van der Waals surface area contributed by atoms with Gasteiger partial charge in [-0.2, -0.15) is 0 Å². The fraction of sp³-hybridized carbons (Fsp3) is 0.729. The number of aliphatic hydroxyl groups excluding tert-OH is 1. The van der Waals surface area contributed by atoms with Crippen molar-refractivity contribution in [1.82, 2.24) is 25.8 Å². The Kier molecular flexibility index (Phi) is 16.5. The maximum atomic E-state index is 14.0. The maximum Gasteiger partial charge on any atom is 0.407 e. The normalized spacial score (nSPS) is 30.8. The van der Waals surface area contributed by atoms with Crippen LogP contribution in [0.3, 0.4) is 0 Å². The average molecular weight is 942 g/mol. The minimum atomic E-state index is -0.941. The number of benzene rings is 1. The molecule has 2 aromatic rings. The first-order valence-corrected chi connectivity index (χ1v) is 24.7. The summed E-state index contributed by atoms with van der Waals surface area (Å²) in [4.78, 5) is 71.7. The van der Waals surface area contributed by atoms with Crippen LogP contribution in [-0.4, -0.2) is 127 Å². The van der Waals surface area contributed by atoms with Crippen LogP contribution in [0, 0.1) is 36.0 Å². The van der Waals surface area contributed by atoms with Crippen LogP contribution in [-0.2, 0) is 54.4 Å². The first-order valence-electron chi connectivity index (χ1n) is 23.8. The zero-order valence-electron chi connectivity index (χ0n) is 39.6. The van der Waals surface area contributed by atoms with Gasteiger partial charge in [0.15, 0.2) is 11.9 Å². The van der Waals surface area contributed by atoms with Gasteiger partial charge >= 0.3 is 6.09 Å². The van der Waals surface area contributed by atoms with Crippen molar-refractivity contribution in [2.75, 3.05) is 46.1 Å². The fourth-order valence-corrected chi connectivity index (χ4v) is 11.3. The number of nitrogens with one attached hydrogen (secondary N) is 3. The van der Waals surface area contributed by atoms with Gasteiger partial charge in [0.25, 0.3) is 0 Å². The van der Waals surface area contributed by atoms with Crippen molar-refractivity contribution in [2.24, 2.45) is 29.1 Å². The molecule has 66 heavy (non-hydrogen) atoms. The molecule has 2 bridgehead atoms. The van der Waals surface area contributed by atoms with Crippen molar-refractivity contribution in [1.29, 1.82) is 0 Å². The van der Waals surface area contributed by atoms with Crippen molar-refractivity contribution >= 4 is 35.2 Å². The van der Waals surface area contributed by atoms with Gasteiger partial charge in [-0.1, -0.05) is 58.9 Å². The number of carbonyl (C=O) groups excluding carboxylic acids is 4. The summed E-state index contributed by atoms with van der Waals surface area (Å²) < 4.78 is 29.7. The molecule has 1 aromatic heterocycles. The Bertz CT molecular complexity index is 1980. The predicted octanol–water partition coefficient (Wildman–Crippen LogP) is 5.41. The molecule has 1 aromatic carbocycles. The number of hydrogen-bond acceptors (Lipinski definition) is 14. The van der Waals surface area contributed by atoms with Gasteiger partial charge in [-0.05, 0) is 80.2 Å². The van der Waals surface area contributed by atoms with E-state index in [0.717, 1.165) is 53.8 Å². The number of amides is 4. The van der Waals surface area contributed by atoms with E-state index in [1.807, 2.05) is 64.4 Å². The Morgan fingerprint density at radius 1 is 0.985 bits per heavy atom. The molecule has 6 fully saturated rings. The molecule has 11 atom stereocenters. The van der Waals surface area contributed by atoms with Crippen LogP contribution in [0.1, 0.15) is 104 Å². The summed E-state index contributed by atoms with van der Waals surface area (Å²) >= 11 is 1.57. The van der Waals surface area contributed by atoms with Crippen molar-refractivity contribution < 1.29 is 57.7 Å². The monoisotopic (exact) mass is 941 g/mol. The molecular weight excluding hydrogens is 871 g/mol. The standard InChI is InChI=1S/C48H71N5O12S/c1-29-10-15-36-30(2)38(62-44-48(36)35(29)16-18-47(7,63-44)64-65-48)9-8-20-61-45(58)49-19-22-60-24-23-59-21-17-39(55)52-41(46(4,5)6)43(57)53-27-34(54)25-37(53)42(56)50-26-32-11-13-33(14-12-32)40-31(3)51-28-66-40/h11-14,28-30,34-38,41,44,54H,8-10,15-27H2,1-7H3,(H,49,58)(H,50,56)(H,52,55)/t29-,30-,34?,35+,36+,37+,38-,41-,44-,47?,48-/m1/s1. The molecule has 18 heteroatoms. The number of β-amino-alcohol motifs (C(OH)–C–C–N with tert-alkyl or cyclic N) is 1. The smallest absolute Gasteiger partial charge is 0.407 e. The highest BCUT2D eigenvalue weighted by Crippen LogP contribution is 2.60. The number of thiazole rings is 1. The predicted molar refractivity (Wildman–Crippen MR) is 243 cm³/mol. The van der Waals surface area contributed by atoms with Gasteiger partial charge in [0.2, 0.25) is 23.5 Å². The van der Waals surface area contributed by atoms with Crippen molar-refractivity contribution in [3.63, 3.8) is 0 Å². The van der Waals surface area contributed by atoms with Crippen LogP contribution in [0.15, 0.2) is 29.8 Å². The molecule has 0 radical (unpaired) electrons. The van der Waals surface area contributed by atoms with Gasteiger partial charge in [0.05, 0.1) is 61.3 Å². The Morgan fingerprint density at radius 2 is 1.74 bits per heavy atom. The van der Waals surface area contributed by atoms with Crippen molar-refractivity contribution in [3.05, 3.63) is 41.0 Å². The topological polar surface area (TPSA) is 205 Å². The van der Waals surface area contributed by atoms with Gasteiger partial charge < -0.3 is 49.6 Å². The summed E-state index contributed by atoms with van der Waals surface area (Å²) in [6, 6.07) is 6.05. The molecular formula is C48H71N5O12S. The van der Waals surface area contributed by atoms with E-state index < -0.39 is 53.3 Å². The van der Waals surface area contributed by atoms with Gasteiger partial charge in [-0.25, -0.2) is 19.6 Å². The highest BCUT2D eigenvalue weighted by molar-refractivity contribution is 7.13. The highest BCUT2D eigenvalue weighted by atomic mass is 32.1. The third kappa shape index (κ3) is 11.6. The number of aliphatic hydroxyl groups is 1. The SMILES string of the molecule is Cc1ncsc1-c1ccc(CNC(=O)[C@@H]2CC(O)CN2C(=O)[C@@H](NC(=O)CCOCCOCCNC(=O)OCCC[C@H]2O[C@@H]3OC4(C)CC[C@H]5[C@H](C)CC[C@@H]([C@H]2C)[C@@]35OO4)C(C)(C)C)cc1. The second kappa shape index (κ2) is 21.7. The number of aromatic nitrogens is 1. The van der Waals surface area contributed by atoms with Gasteiger partial charge in [0, 0.05) is 44.8 Å². The summed E-state index contributed by atoms with van der Waals surface area (Å²) in [6.07, 6.45) is 3.53. The molecule has 1 spiro atoms. The molecule has 6 aliphatic rings. The molecule has 366 valence electrons. The summed E-state index contributed by atoms with van der Waals surface area (Å²) in [5.74, 6) is -0.662. The van der Waals surface area contributed by atoms with Gasteiger partial charge in [0.1, 0.15) is 12.1 Å². The number of fused-ring (bicyclic) bond motifs is 2. The quantitative estimate of drug-likeness (QED) is 0.103. The van der Waals surface area contributed by atoms with E-state index in [2.05, 4.69) is 34.8 Å². The molecule has 2 unspecified atom stereocenters. The van der Waals surface area contributed by atoms with E-state index in [1.165, 1.54) is 4.90 Å². The highest BCUT2D eigenvalue weighted by Gasteiger charge is 2.69. The Morgan fingerprint density at radius 3 is 2.47 bits per heavy atom. The molecule has 17 nitrogen and oxygen atoms in total. The number of alkyl carbamates (subject to hydrolysis) is 1. The number of aryl methyl sites for hydroxylation is 1. The zero-order chi connectivity index (χ0) is 47.2. The van der Waals surface area contributed by atoms with E-state index in [1.54, 1.807) is 11.3 Å². The lowest BCUT2D eigenvalue weighted by Crippen LogP contribution is -2.70. The second-order valence-corrected chi connectivity index (χ2v) is 20.9. The molecule has 4 N–H and O–H groups in total. The second-order valence-electron chi connectivity index (χ2n) is 20.1. The molecule has 8 rings (SSSR count). The lowest BCUT2D eigenvalue weighted by Gasteiger charge is -2.60. The number of ether oxygens (including phenoxy) is 5. The molecule has 5 aliphatic heterocycles. The van der Waals surface area contributed by atoms with Crippen molar-refractivity contribution in [2.45, 2.75) is 148 Å². The minimum absolute atomic E-state index is 0.00517. The number of likely N-dealkylation sites (tertiary alicyclic amines) is 1. The molecule has 1 aliphatic carbocycles. The van der Waals surface area contributed by atoms with Crippen molar-refractivity contribution in [3.8, 4) is 10.4 Å². The lowest BCUT2D eigenvalue weighted by atomic mass is 9.57. The van der Waals surface area contributed by atoms with E-state index in [0.29, 0.717) is 18.3 Å². The minimum Gasteiger partial charge on any atom is -0.450 e. The van der Waals surface area contributed by atoms with E-state index >= 15 is 0 Å². The number of carbonyl (C=O) groups is 4. The summed E-state index contributed by atoms with van der Waals surface area (Å²) in [7, 11) is 0. The molecule has 6 heterocycles. The van der Waals surface area contributed by atoms with E-state index in [-0.39, 0.29) is 95.3 Å². The van der Waals surface area contributed by atoms with E-state index in [9.17, 15) is 24.3 Å². The largest absolute Gasteiger partial charge is 0.450 e. The van der Waals surface area contributed by atoms with Crippen LogP contribution in [0.2, 0.25) is 0 Å². The van der Waals surface area contributed by atoms with E-state index in [4.69, 9.17) is 33.5 Å². The molecule has 4 amide bonds. The molecule has 5 saturated heterocycles. The Balaban J connectivity index is 0.745. The van der Waals surface area contributed by atoms with Crippen LogP contribution in [0.5, 0.6) is 0 Å². The van der Waals surface area contributed by atoms with Crippen LogP contribution < -0.4 is 16.0 Å². The third-order valence-corrected chi connectivity index (χ3v) is 15.2. The van der Waals surface area contributed by atoms with Gasteiger partial charge in [-0.15, -0.1) is 11.3 Å². The van der Waals surface area contributed by atoms with Crippen LogP contribution in [0.4, 0.5) is 4.79 Å². The van der Waals surface area contributed by atoms with Crippen LogP contribution >= 0.6 is 11.3 Å². The summed E-state index contributed by atoms with van der Waals surface area (Å²) in [6.45, 7) is 15.5. The number of rotatable bonds is 19. The average Bonchev–Trinajstić information content (AvgIpc) is 3.82. The summed E-state index contributed by atoms with van der Waals surface area (Å²) in [5.41, 5.74) is 3.45. The summed E-state index contributed by atoms with van der Waals surface area (Å²) in [5, 5.41) is 19.0. The first kappa shape index (κ1) is 50.1. The fourth-order valence-electron chi connectivity index (χ4n) is 10.5. The lowest BCUT2D eigenvalue weighted by molar-refractivity contribution is -0.571. The zero-order valence-corrected chi connectivity index (χ0v) is 40.5. The Labute approximate surface area is 392 Å². The van der Waals surface area contributed by atoms with Gasteiger partial charge in [-0.3, -0.25) is 14.4 Å². The maximum absolute atomic E-state index is 14.0. The first-order chi connectivity index (χ1) is 31.5. The Hall–Kier alpha value is -3.75. The van der Waals surface area contributed by atoms with Crippen LogP contribution in [0.25, 0.3) is 10.4 Å². The number of nitrogens with zero attached hydrogens (tertiary/aromatic N) is 2. The number of hydrogen-bond donors (Lipinski definition) is 4. The third-order valence-electron chi connectivity index (χ3n) is 14.2. The molecule has 1 saturated carbocycles.